The first-order valence-corrected chi connectivity index (χ1v) is 14.3. The summed E-state index contributed by atoms with van der Waals surface area (Å²) in [5.74, 6) is 2.23. The monoisotopic (exact) mass is 490 g/mol. The summed E-state index contributed by atoms with van der Waals surface area (Å²) in [7, 11) is 0. The second-order valence-corrected chi connectivity index (χ2v) is 13.6. The standard InChI is InChI=1S/C30H50O5/c1-18(19(2)8-11-27(33)34)6-7-20(3)23-9-10-24-22-16-26(32)30(35)17-21(31)12-15-29(30,5)25(22)13-14-28(23,24)4/h19-26,31-32,35H,1,6-17H2,2-5H3,(H,33,34)/t19-,20+,21-,22-,23+,24-,25-,26+,28+,29+,30-/m0/s1. The number of hydrogen-bond acceptors (Lipinski definition) is 4. The van der Waals surface area contributed by atoms with E-state index >= 15 is 0 Å². The van der Waals surface area contributed by atoms with Crippen molar-refractivity contribution < 1.29 is 25.2 Å². The van der Waals surface area contributed by atoms with Crippen LogP contribution in [-0.2, 0) is 4.79 Å². The van der Waals surface area contributed by atoms with Crippen LogP contribution in [0.15, 0.2) is 12.2 Å². The van der Waals surface area contributed by atoms with Gasteiger partial charge in [0.15, 0.2) is 0 Å². The van der Waals surface area contributed by atoms with E-state index in [1.165, 1.54) is 24.8 Å². The Bertz CT molecular complexity index is 811. The van der Waals surface area contributed by atoms with Crippen molar-refractivity contribution in [2.75, 3.05) is 0 Å². The second kappa shape index (κ2) is 9.76. The van der Waals surface area contributed by atoms with Gasteiger partial charge in [-0.25, -0.2) is 0 Å². The lowest BCUT2D eigenvalue weighted by atomic mass is 9.42. The average molecular weight is 491 g/mol. The van der Waals surface area contributed by atoms with Crippen LogP contribution in [0.25, 0.3) is 0 Å². The van der Waals surface area contributed by atoms with Gasteiger partial charge >= 0.3 is 5.97 Å². The molecular weight excluding hydrogens is 440 g/mol. The third-order valence-corrected chi connectivity index (χ3v) is 12.0. The topological polar surface area (TPSA) is 98.0 Å². The Morgan fingerprint density at radius 3 is 2.40 bits per heavy atom. The molecule has 4 N–H and O–H groups in total. The molecular formula is C30H50O5. The number of aliphatic hydroxyl groups is 3. The second-order valence-electron chi connectivity index (χ2n) is 13.6. The molecule has 4 fully saturated rings. The first kappa shape index (κ1) is 27.1. The summed E-state index contributed by atoms with van der Waals surface area (Å²) in [6.07, 6.45) is 8.95. The quantitative estimate of drug-likeness (QED) is 0.334. The molecule has 11 atom stereocenters. The first-order chi connectivity index (χ1) is 16.3. The SMILES string of the molecule is C=C(CC[C@@H](C)[C@H]1CC[C@H]2[C@@H]3C[C@@H](O)[C@@]4(O)C[C@@H](O)CC[C@]4(C)[C@H]3CC[C@]12C)[C@@H](C)CCC(=O)O. The Morgan fingerprint density at radius 1 is 1.00 bits per heavy atom. The van der Waals surface area contributed by atoms with Crippen molar-refractivity contribution in [3.63, 3.8) is 0 Å². The Balaban J connectivity index is 1.43. The molecule has 35 heavy (non-hydrogen) atoms. The van der Waals surface area contributed by atoms with Gasteiger partial charge in [-0.3, -0.25) is 4.79 Å². The summed E-state index contributed by atoms with van der Waals surface area (Å²) < 4.78 is 0. The third kappa shape index (κ3) is 4.52. The van der Waals surface area contributed by atoms with E-state index in [9.17, 15) is 20.1 Å². The molecule has 200 valence electrons. The van der Waals surface area contributed by atoms with Crippen LogP contribution in [0.5, 0.6) is 0 Å². The van der Waals surface area contributed by atoms with Gasteiger partial charge < -0.3 is 20.4 Å². The largest absolute Gasteiger partial charge is 0.481 e. The van der Waals surface area contributed by atoms with Crippen molar-refractivity contribution in [2.24, 2.45) is 46.3 Å². The lowest BCUT2D eigenvalue weighted by Crippen LogP contribution is -2.68. The number of aliphatic carboxylic acids is 1. The summed E-state index contributed by atoms with van der Waals surface area (Å²) in [6, 6.07) is 0. The van der Waals surface area contributed by atoms with Crippen LogP contribution < -0.4 is 0 Å². The van der Waals surface area contributed by atoms with E-state index in [0.29, 0.717) is 48.9 Å². The zero-order valence-corrected chi connectivity index (χ0v) is 22.5. The van der Waals surface area contributed by atoms with Crippen LogP contribution in [0.1, 0.15) is 105 Å². The smallest absolute Gasteiger partial charge is 0.303 e. The van der Waals surface area contributed by atoms with Crippen molar-refractivity contribution in [1.29, 1.82) is 0 Å². The van der Waals surface area contributed by atoms with E-state index in [1.54, 1.807) is 0 Å². The Kier molecular flexibility index (Phi) is 7.57. The summed E-state index contributed by atoms with van der Waals surface area (Å²) in [5.41, 5.74) is -0.0219. The maximum absolute atomic E-state index is 11.7. The van der Waals surface area contributed by atoms with Gasteiger partial charge in [0.2, 0.25) is 0 Å². The highest BCUT2D eigenvalue weighted by atomic mass is 16.4. The number of hydrogen-bond donors (Lipinski definition) is 4. The van der Waals surface area contributed by atoms with Gasteiger partial charge in [-0.1, -0.05) is 39.8 Å². The van der Waals surface area contributed by atoms with Crippen LogP contribution in [0, 0.1) is 46.3 Å². The van der Waals surface area contributed by atoms with E-state index in [2.05, 4.69) is 34.3 Å². The molecule has 0 heterocycles. The number of rotatable bonds is 8. The van der Waals surface area contributed by atoms with Crippen molar-refractivity contribution in [3.8, 4) is 0 Å². The summed E-state index contributed by atoms with van der Waals surface area (Å²) in [5, 5.41) is 42.2. The van der Waals surface area contributed by atoms with Crippen molar-refractivity contribution >= 4 is 5.97 Å². The maximum atomic E-state index is 11.7. The highest BCUT2D eigenvalue weighted by molar-refractivity contribution is 5.66. The van der Waals surface area contributed by atoms with Crippen LogP contribution in [0.3, 0.4) is 0 Å². The molecule has 0 aromatic rings. The average Bonchev–Trinajstić information content (AvgIpc) is 3.15. The fraction of sp³-hybridized carbons (Fsp3) is 0.900. The maximum Gasteiger partial charge on any atom is 0.303 e. The van der Waals surface area contributed by atoms with Gasteiger partial charge in [-0.05, 0) is 105 Å². The normalized spacial score (nSPS) is 46.7. The van der Waals surface area contributed by atoms with Crippen LogP contribution in [0.2, 0.25) is 0 Å². The zero-order valence-electron chi connectivity index (χ0n) is 22.5. The van der Waals surface area contributed by atoms with E-state index in [-0.39, 0.29) is 23.2 Å². The van der Waals surface area contributed by atoms with E-state index in [0.717, 1.165) is 32.1 Å². The molecule has 0 bridgehead atoms. The van der Waals surface area contributed by atoms with Crippen molar-refractivity contribution in [1.82, 2.24) is 0 Å². The van der Waals surface area contributed by atoms with Crippen molar-refractivity contribution in [3.05, 3.63) is 12.2 Å². The highest BCUT2D eigenvalue weighted by Gasteiger charge is 2.67. The Labute approximate surface area is 212 Å². The van der Waals surface area contributed by atoms with Crippen LogP contribution in [0.4, 0.5) is 0 Å². The molecule has 4 aliphatic rings. The van der Waals surface area contributed by atoms with Crippen molar-refractivity contribution in [2.45, 2.75) is 123 Å². The molecule has 4 aliphatic carbocycles. The number of allylic oxidation sites excluding steroid dienone is 1. The highest BCUT2D eigenvalue weighted by Crippen LogP contribution is 2.69. The third-order valence-electron chi connectivity index (χ3n) is 12.0. The number of fused-ring (bicyclic) bond motifs is 5. The molecule has 5 heteroatoms. The number of carboxylic acids is 1. The minimum atomic E-state index is -1.16. The predicted octanol–water partition coefficient (Wildman–Crippen LogP) is 5.57. The van der Waals surface area contributed by atoms with Crippen LogP contribution >= 0.6 is 0 Å². The summed E-state index contributed by atoms with van der Waals surface area (Å²) >= 11 is 0. The molecule has 0 radical (unpaired) electrons. The lowest BCUT2D eigenvalue weighted by Gasteiger charge is -2.65. The minimum absolute atomic E-state index is 0.208. The van der Waals surface area contributed by atoms with Gasteiger partial charge in [0.05, 0.1) is 17.8 Å². The molecule has 0 saturated heterocycles. The van der Waals surface area contributed by atoms with E-state index < -0.39 is 23.8 Å². The number of aliphatic hydroxyl groups excluding tert-OH is 2. The Morgan fingerprint density at radius 2 is 1.71 bits per heavy atom. The first-order valence-electron chi connectivity index (χ1n) is 14.3. The van der Waals surface area contributed by atoms with Gasteiger partial charge in [0.25, 0.3) is 0 Å². The van der Waals surface area contributed by atoms with Gasteiger partial charge in [-0.15, -0.1) is 0 Å². The molecule has 0 aliphatic heterocycles. The number of carbonyl (C=O) groups is 1. The molecule has 5 nitrogen and oxygen atoms in total. The fourth-order valence-electron chi connectivity index (χ4n) is 9.64. The molecule has 0 aromatic heterocycles. The molecule has 0 spiro atoms. The zero-order chi connectivity index (χ0) is 25.8. The minimum Gasteiger partial charge on any atom is -0.481 e. The molecule has 4 rings (SSSR count). The fourth-order valence-corrected chi connectivity index (χ4v) is 9.64. The summed E-state index contributed by atoms with van der Waals surface area (Å²) in [6.45, 7) is 13.5. The molecule has 4 saturated carbocycles. The molecule has 0 aromatic carbocycles. The van der Waals surface area contributed by atoms with Gasteiger partial charge in [-0.2, -0.15) is 0 Å². The van der Waals surface area contributed by atoms with E-state index in [4.69, 9.17) is 5.11 Å². The van der Waals surface area contributed by atoms with Gasteiger partial charge in [0, 0.05) is 18.3 Å². The lowest BCUT2D eigenvalue weighted by molar-refractivity contribution is -0.264. The van der Waals surface area contributed by atoms with E-state index in [1.807, 2.05) is 0 Å². The summed E-state index contributed by atoms with van der Waals surface area (Å²) in [4.78, 5) is 10.9. The predicted molar refractivity (Wildman–Crippen MR) is 138 cm³/mol. The van der Waals surface area contributed by atoms with Crippen LogP contribution in [-0.4, -0.2) is 44.2 Å². The number of carboxylic acid groups (broad SMARTS) is 1. The molecule has 0 unspecified atom stereocenters. The molecule has 0 amide bonds. The Hall–Kier alpha value is -0.910. The van der Waals surface area contributed by atoms with Gasteiger partial charge in [0.1, 0.15) is 0 Å².